The lowest BCUT2D eigenvalue weighted by atomic mass is 9.83. The van der Waals surface area contributed by atoms with E-state index in [1.807, 2.05) is 0 Å². The Balaban J connectivity index is 1.27. The zero-order chi connectivity index (χ0) is 28.6. The third-order valence-electron chi connectivity index (χ3n) is 7.97. The number of piperazine rings is 1. The van der Waals surface area contributed by atoms with Crippen molar-refractivity contribution in [3.05, 3.63) is 38.7 Å². The molecule has 0 amide bonds. The average molecular weight is 607 g/mol. The largest absolute Gasteiger partial charge is 0.477 e. The van der Waals surface area contributed by atoms with Gasteiger partial charge in [-0.15, -0.1) is 0 Å². The van der Waals surface area contributed by atoms with Crippen LogP contribution in [0.4, 0.5) is 10.9 Å². The summed E-state index contributed by atoms with van der Waals surface area (Å²) in [6.45, 7) is 12.2. The third-order valence-corrected chi connectivity index (χ3v) is 10.0. The summed E-state index contributed by atoms with van der Waals surface area (Å²) in [6, 6.07) is 0. The number of thiazole rings is 1. The smallest absolute Gasteiger partial charge is 0.348 e. The number of hydrogen-bond donors (Lipinski definition) is 2. The number of aromatic nitrogens is 4. The van der Waals surface area contributed by atoms with Gasteiger partial charge in [0.05, 0.1) is 22.4 Å². The Morgan fingerprint density at radius 1 is 1.10 bits per heavy atom. The van der Waals surface area contributed by atoms with Crippen molar-refractivity contribution in [1.82, 2.24) is 24.8 Å². The van der Waals surface area contributed by atoms with Crippen molar-refractivity contribution in [2.45, 2.75) is 33.6 Å². The second kappa shape index (κ2) is 12.0. The molecule has 214 valence electrons. The van der Waals surface area contributed by atoms with Crippen LogP contribution < -0.4 is 9.80 Å². The van der Waals surface area contributed by atoms with Crippen LogP contribution in [-0.2, 0) is 0 Å². The van der Waals surface area contributed by atoms with Gasteiger partial charge in [0.15, 0.2) is 10.9 Å². The first-order valence-electron chi connectivity index (χ1n) is 13.5. The first kappa shape index (κ1) is 28.8. The molecule has 0 saturated carbocycles. The van der Waals surface area contributed by atoms with E-state index in [9.17, 15) is 14.7 Å². The Morgan fingerprint density at radius 3 is 2.42 bits per heavy atom. The minimum absolute atomic E-state index is 0.0516. The highest BCUT2D eigenvalue weighted by atomic mass is 35.5. The number of anilines is 2. The lowest BCUT2D eigenvalue weighted by molar-refractivity contribution is 0.0702. The number of carboxylic acid groups (broad SMARTS) is 1. The van der Waals surface area contributed by atoms with Gasteiger partial charge in [-0.2, -0.15) is 0 Å². The number of rotatable bonds is 8. The van der Waals surface area contributed by atoms with E-state index < -0.39 is 5.97 Å². The highest BCUT2D eigenvalue weighted by molar-refractivity contribution is 7.17. The number of halogens is 2. The molecule has 3 aromatic heterocycles. The molecule has 0 aromatic carbocycles. The zero-order valence-corrected chi connectivity index (χ0v) is 25.1. The van der Waals surface area contributed by atoms with Crippen LogP contribution in [0.1, 0.15) is 52.5 Å². The summed E-state index contributed by atoms with van der Waals surface area (Å²) in [5.74, 6) is 0.0549. The number of Topliss-reactive ketones (excluding diaryl/α,β-unsaturated/α-hetero) is 1. The number of nitrogens with one attached hydrogen (secondary N) is 1. The average Bonchev–Trinajstić information content (AvgIpc) is 3.52. The van der Waals surface area contributed by atoms with E-state index in [1.54, 1.807) is 19.3 Å². The van der Waals surface area contributed by atoms with Crippen LogP contribution in [0, 0.1) is 18.8 Å². The number of carboxylic acids is 1. The summed E-state index contributed by atoms with van der Waals surface area (Å²) in [6.07, 6.45) is 4.46. The number of aryl methyl sites for hydroxylation is 1. The van der Waals surface area contributed by atoms with Gasteiger partial charge in [-0.1, -0.05) is 48.4 Å². The van der Waals surface area contributed by atoms with Crippen LogP contribution in [0.2, 0.25) is 10.0 Å². The van der Waals surface area contributed by atoms with Gasteiger partial charge in [-0.3, -0.25) is 4.79 Å². The van der Waals surface area contributed by atoms with E-state index in [0.717, 1.165) is 56.3 Å². The van der Waals surface area contributed by atoms with E-state index in [1.165, 1.54) is 0 Å². The van der Waals surface area contributed by atoms with Crippen LogP contribution in [0.5, 0.6) is 0 Å². The van der Waals surface area contributed by atoms with E-state index in [0.29, 0.717) is 52.4 Å². The summed E-state index contributed by atoms with van der Waals surface area (Å²) >= 11 is 13.6. The summed E-state index contributed by atoms with van der Waals surface area (Å²) in [5.41, 5.74) is 1.83. The Labute approximate surface area is 247 Å². The molecule has 5 rings (SSSR count). The minimum atomic E-state index is -1.04. The highest BCUT2D eigenvalue weighted by Gasteiger charge is 2.32. The maximum Gasteiger partial charge on any atom is 0.348 e. The van der Waals surface area contributed by atoms with Gasteiger partial charge in [0.1, 0.15) is 27.8 Å². The molecule has 10 nitrogen and oxygen atoms in total. The van der Waals surface area contributed by atoms with E-state index in [4.69, 9.17) is 28.2 Å². The van der Waals surface area contributed by atoms with E-state index in [-0.39, 0.29) is 27.5 Å². The number of nitrogens with zero attached hydrogens (tertiary/aromatic N) is 6. The van der Waals surface area contributed by atoms with Gasteiger partial charge in [0.2, 0.25) is 0 Å². The number of ketones is 1. The molecule has 40 heavy (non-hydrogen) atoms. The SMILES string of the molecule is CCN1CCN(c2cnc(-c3nc(N4CC[C@@H](CC(=O)c5[nH]c(C)c(Cl)c5Cl)[C@@H](C)C4)sc3C(=O)O)cn2)CC1. The number of piperidine rings is 1. The molecule has 13 heteroatoms. The molecule has 0 unspecified atom stereocenters. The van der Waals surface area contributed by atoms with Crippen molar-refractivity contribution in [2.24, 2.45) is 11.8 Å². The van der Waals surface area contributed by atoms with Gasteiger partial charge in [0.25, 0.3) is 0 Å². The van der Waals surface area contributed by atoms with Gasteiger partial charge >= 0.3 is 5.97 Å². The maximum absolute atomic E-state index is 12.9. The number of carbonyl (C=O) groups is 2. The van der Waals surface area contributed by atoms with Gasteiger partial charge in [-0.25, -0.2) is 19.7 Å². The number of hydrogen-bond acceptors (Lipinski definition) is 9. The van der Waals surface area contributed by atoms with Crippen molar-refractivity contribution >= 4 is 57.2 Å². The molecule has 2 aliphatic rings. The minimum Gasteiger partial charge on any atom is -0.477 e. The lowest BCUT2D eigenvalue weighted by Gasteiger charge is -2.36. The predicted molar refractivity (Wildman–Crippen MR) is 158 cm³/mol. The number of aromatic carboxylic acids is 1. The topological polar surface area (TPSA) is 119 Å². The van der Waals surface area contributed by atoms with Crippen LogP contribution >= 0.6 is 34.5 Å². The van der Waals surface area contributed by atoms with E-state index >= 15 is 0 Å². The van der Waals surface area contributed by atoms with Crippen molar-refractivity contribution in [3.8, 4) is 11.4 Å². The number of aromatic amines is 1. The molecule has 0 bridgehead atoms. The standard InChI is InChI=1S/C27H33Cl2N7O3S/c1-4-34-7-9-35(10-8-34)20-13-30-18(12-31-20)23-25(26(38)39)40-27(33-23)36-6-5-17(15(2)14-36)11-19(37)24-22(29)21(28)16(3)32-24/h12-13,15,17,32H,4-11,14H2,1-3H3,(H,38,39)/t15-,17-/m0/s1. The molecular formula is C27H33Cl2N7O3S. The highest BCUT2D eigenvalue weighted by Crippen LogP contribution is 2.37. The lowest BCUT2D eigenvalue weighted by Crippen LogP contribution is -2.46. The number of likely N-dealkylation sites (N-methyl/N-ethyl adjacent to an activating group) is 1. The van der Waals surface area contributed by atoms with Crippen LogP contribution in [0.3, 0.4) is 0 Å². The quantitative estimate of drug-likeness (QED) is 0.337. The second-order valence-electron chi connectivity index (χ2n) is 10.5. The Kier molecular flexibility index (Phi) is 8.65. The number of H-pyrrole nitrogens is 1. The molecule has 2 N–H and O–H groups in total. The molecule has 5 heterocycles. The van der Waals surface area contributed by atoms with E-state index in [2.05, 4.69) is 43.5 Å². The van der Waals surface area contributed by atoms with Crippen molar-refractivity contribution in [2.75, 3.05) is 55.6 Å². The Bertz CT molecular complexity index is 1390. The molecule has 0 radical (unpaired) electrons. The van der Waals surface area contributed by atoms with Crippen molar-refractivity contribution in [3.63, 3.8) is 0 Å². The Hall–Kier alpha value is -2.73. The predicted octanol–water partition coefficient (Wildman–Crippen LogP) is 5.12. The maximum atomic E-state index is 12.9. The molecule has 2 aliphatic heterocycles. The fourth-order valence-electron chi connectivity index (χ4n) is 5.44. The van der Waals surface area contributed by atoms with Gasteiger partial charge in [0, 0.05) is 51.4 Å². The first-order chi connectivity index (χ1) is 19.2. The summed E-state index contributed by atoms with van der Waals surface area (Å²) < 4.78 is 0. The summed E-state index contributed by atoms with van der Waals surface area (Å²) in [7, 11) is 0. The van der Waals surface area contributed by atoms with Crippen molar-refractivity contribution < 1.29 is 14.7 Å². The zero-order valence-electron chi connectivity index (χ0n) is 22.8. The van der Waals surface area contributed by atoms with Gasteiger partial charge < -0.3 is 24.8 Å². The van der Waals surface area contributed by atoms with Crippen molar-refractivity contribution in [1.29, 1.82) is 0 Å². The Morgan fingerprint density at radius 2 is 1.85 bits per heavy atom. The summed E-state index contributed by atoms with van der Waals surface area (Å²) in [5, 5.41) is 11.2. The molecule has 2 atom stereocenters. The molecule has 0 aliphatic carbocycles. The number of carbonyl (C=O) groups excluding carboxylic acids is 1. The molecular weight excluding hydrogens is 573 g/mol. The first-order valence-corrected chi connectivity index (χ1v) is 15.1. The fraction of sp³-hybridized carbons (Fsp3) is 0.519. The second-order valence-corrected chi connectivity index (χ2v) is 12.2. The normalized spacial score (nSPS) is 20.2. The third kappa shape index (κ3) is 5.83. The molecule has 2 fully saturated rings. The molecule has 0 spiro atoms. The monoisotopic (exact) mass is 605 g/mol. The van der Waals surface area contributed by atoms with Crippen LogP contribution in [0.15, 0.2) is 12.4 Å². The fourth-order valence-corrected chi connectivity index (χ4v) is 6.82. The van der Waals surface area contributed by atoms with Gasteiger partial charge in [-0.05, 0) is 31.7 Å². The van der Waals surface area contributed by atoms with Crippen LogP contribution in [-0.4, -0.2) is 87.5 Å². The molecule has 2 saturated heterocycles. The summed E-state index contributed by atoms with van der Waals surface area (Å²) in [4.78, 5) is 48.8. The van der Waals surface area contributed by atoms with Crippen LogP contribution in [0.25, 0.3) is 11.4 Å². The molecule has 3 aromatic rings.